The number of rotatable bonds is 3. The quantitative estimate of drug-likeness (QED) is 0.847. The number of carbonyl (C=O) groups is 1. The van der Waals surface area contributed by atoms with Crippen LogP contribution in [0.25, 0.3) is 0 Å². The van der Waals surface area contributed by atoms with E-state index < -0.39 is 0 Å². The smallest absolute Gasteiger partial charge is 0.264 e. The molecule has 6 heteroatoms. The highest BCUT2D eigenvalue weighted by Gasteiger charge is 2.35. The van der Waals surface area contributed by atoms with Crippen molar-refractivity contribution < 1.29 is 9.53 Å². The molecule has 4 heterocycles. The van der Waals surface area contributed by atoms with E-state index in [1.807, 2.05) is 34.8 Å². The molecule has 0 radical (unpaired) electrons. The summed E-state index contributed by atoms with van der Waals surface area (Å²) in [5.41, 5.74) is 1.29. The van der Waals surface area contributed by atoms with Gasteiger partial charge in [0.1, 0.15) is 0 Å². The van der Waals surface area contributed by atoms with E-state index in [2.05, 4.69) is 22.0 Å². The molecule has 2 aromatic heterocycles. The third kappa shape index (κ3) is 3.92. The Hall–Kier alpha value is -1.76. The van der Waals surface area contributed by atoms with Crippen molar-refractivity contribution in [3.05, 3.63) is 52.5 Å². The highest BCUT2D eigenvalue weighted by atomic mass is 32.1. The first kappa shape index (κ1) is 16.7. The summed E-state index contributed by atoms with van der Waals surface area (Å²) in [5, 5.41) is 1.96. The Morgan fingerprint density at radius 3 is 2.92 bits per heavy atom. The largest absolute Gasteiger partial charge is 0.375 e. The fourth-order valence-corrected chi connectivity index (χ4v) is 4.44. The normalized spacial score (nSPS) is 24.6. The van der Waals surface area contributed by atoms with Crippen LogP contribution >= 0.6 is 11.3 Å². The summed E-state index contributed by atoms with van der Waals surface area (Å²) in [6.07, 6.45) is 4.86. The average Bonchev–Trinajstić information content (AvgIpc) is 3.10. The zero-order chi connectivity index (χ0) is 17.1. The van der Waals surface area contributed by atoms with Gasteiger partial charge in [-0.15, -0.1) is 11.3 Å². The summed E-state index contributed by atoms with van der Waals surface area (Å²) >= 11 is 1.51. The van der Waals surface area contributed by atoms with Crippen LogP contribution in [-0.4, -0.2) is 59.6 Å². The van der Waals surface area contributed by atoms with Crippen LogP contribution in [0.3, 0.4) is 0 Å². The van der Waals surface area contributed by atoms with Crippen LogP contribution in [0.1, 0.15) is 21.7 Å². The number of thiophene rings is 1. The van der Waals surface area contributed by atoms with Gasteiger partial charge in [-0.2, -0.15) is 0 Å². The molecule has 1 amide bonds. The van der Waals surface area contributed by atoms with Crippen LogP contribution in [0, 0.1) is 5.92 Å². The fourth-order valence-electron chi connectivity index (χ4n) is 3.75. The molecule has 132 valence electrons. The topological polar surface area (TPSA) is 45.7 Å². The van der Waals surface area contributed by atoms with Crippen molar-refractivity contribution in [3.8, 4) is 0 Å². The van der Waals surface area contributed by atoms with Crippen LogP contribution in [0.5, 0.6) is 0 Å². The second kappa shape index (κ2) is 7.64. The molecular weight excluding hydrogens is 334 g/mol. The second-order valence-corrected chi connectivity index (χ2v) is 7.72. The molecule has 25 heavy (non-hydrogen) atoms. The molecule has 2 saturated heterocycles. The molecule has 0 bridgehead atoms. The Morgan fingerprint density at radius 2 is 2.12 bits per heavy atom. The molecule has 0 aliphatic carbocycles. The lowest BCUT2D eigenvalue weighted by molar-refractivity contribution is -0.0169. The average molecular weight is 357 g/mol. The monoisotopic (exact) mass is 357 g/mol. The van der Waals surface area contributed by atoms with Crippen molar-refractivity contribution in [1.29, 1.82) is 0 Å². The molecule has 5 nitrogen and oxygen atoms in total. The van der Waals surface area contributed by atoms with Gasteiger partial charge >= 0.3 is 0 Å². The van der Waals surface area contributed by atoms with Crippen LogP contribution in [-0.2, 0) is 11.3 Å². The zero-order valence-corrected chi connectivity index (χ0v) is 15.0. The molecule has 2 atom stereocenters. The molecule has 2 aliphatic rings. The van der Waals surface area contributed by atoms with Crippen molar-refractivity contribution in [2.45, 2.75) is 19.1 Å². The number of aromatic nitrogens is 1. The highest BCUT2D eigenvalue weighted by Crippen LogP contribution is 2.26. The number of nitrogens with zero attached hydrogens (tertiary/aromatic N) is 3. The van der Waals surface area contributed by atoms with Gasteiger partial charge < -0.3 is 9.64 Å². The molecule has 0 saturated carbocycles. The number of hydrogen-bond donors (Lipinski definition) is 0. The number of amides is 1. The van der Waals surface area contributed by atoms with E-state index in [1.54, 1.807) is 0 Å². The van der Waals surface area contributed by atoms with Crippen molar-refractivity contribution in [1.82, 2.24) is 14.8 Å². The maximum Gasteiger partial charge on any atom is 0.264 e. The molecule has 4 rings (SSSR count). The second-order valence-electron chi connectivity index (χ2n) is 6.78. The number of likely N-dealkylation sites (tertiary alicyclic amines) is 1. The van der Waals surface area contributed by atoms with Crippen LogP contribution in [0.4, 0.5) is 0 Å². The molecule has 0 aromatic carbocycles. The molecule has 0 unspecified atom stereocenters. The van der Waals surface area contributed by atoms with Gasteiger partial charge in [-0.3, -0.25) is 14.7 Å². The number of fused-ring (bicyclic) bond motifs is 1. The predicted molar refractivity (Wildman–Crippen MR) is 97.6 cm³/mol. The van der Waals surface area contributed by atoms with Crippen molar-refractivity contribution in [2.75, 3.05) is 32.8 Å². The van der Waals surface area contributed by atoms with Gasteiger partial charge in [-0.05, 0) is 35.6 Å². The summed E-state index contributed by atoms with van der Waals surface area (Å²) < 4.78 is 6.13. The fraction of sp³-hybridized carbons (Fsp3) is 0.474. The Morgan fingerprint density at radius 1 is 1.24 bits per heavy atom. The SMILES string of the molecule is O=C(c1cccs1)N1CC[C@H]2CN(Cc3ccncc3)CCO[C@H]2C1. The first-order valence-electron chi connectivity index (χ1n) is 8.85. The highest BCUT2D eigenvalue weighted by molar-refractivity contribution is 7.12. The van der Waals surface area contributed by atoms with Crippen molar-refractivity contribution in [2.24, 2.45) is 5.92 Å². The van der Waals surface area contributed by atoms with Gasteiger partial charge in [0.25, 0.3) is 5.91 Å². The third-order valence-corrected chi connectivity index (χ3v) is 5.96. The van der Waals surface area contributed by atoms with Gasteiger partial charge in [0.05, 0.1) is 17.6 Å². The summed E-state index contributed by atoms with van der Waals surface area (Å²) in [5.74, 6) is 0.645. The molecule has 0 N–H and O–H groups in total. The lowest BCUT2D eigenvalue weighted by Crippen LogP contribution is -2.48. The van der Waals surface area contributed by atoms with E-state index >= 15 is 0 Å². The molecule has 2 aromatic rings. The van der Waals surface area contributed by atoms with E-state index in [1.165, 1.54) is 16.9 Å². The van der Waals surface area contributed by atoms with Crippen molar-refractivity contribution in [3.63, 3.8) is 0 Å². The Kier molecular flexibility index (Phi) is 5.10. The Balaban J connectivity index is 1.38. The first-order chi connectivity index (χ1) is 12.3. The molecule has 2 fully saturated rings. The van der Waals surface area contributed by atoms with E-state index in [9.17, 15) is 4.79 Å². The summed E-state index contributed by atoms with van der Waals surface area (Å²) in [4.78, 5) is 21.9. The number of hydrogen-bond acceptors (Lipinski definition) is 5. The summed E-state index contributed by atoms with van der Waals surface area (Å²) in [6, 6.07) is 7.99. The molecule has 0 spiro atoms. The van der Waals surface area contributed by atoms with E-state index in [0.717, 1.165) is 44.1 Å². The van der Waals surface area contributed by atoms with Crippen molar-refractivity contribution >= 4 is 17.2 Å². The minimum absolute atomic E-state index is 0.148. The van der Waals surface area contributed by atoms with Gasteiger partial charge in [-0.1, -0.05) is 6.07 Å². The Bertz CT molecular complexity index is 692. The van der Waals surface area contributed by atoms with Gasteiger partial charge in [0, 0.05) is 51.0 Å². The third-order valence-electron chi connectivity index (χ3n) is 5.10. The minimum atomic E-state index is 0.148. The number of piperidine rings is 1. The lowest BCUT2D eigenvalue weighted by atomic mass is 9.93. The maximum atomic E-state index is 12.6. The molecular formula is C19H23N3O2S. The predicted octanol–water partition coefficient (Wildman–Crippen LogP) is 2.51. The van der Waals surface area contributed by atoms with E-state index in [0.29, 0.717) is 12.5 Å². The summed E-state index contributed by atoms with van der Waals surface area (Å²) in [6.45, 7) is 5.18. The standard InChI is InChI=1S/C19H23N3O2S/c23-19(18-2-1-11-25-18)22-8-5-16-13-21(9-10-24-17(16)14-22)12-15-3-6-20-7-4-15/h1-4,6-7,11,16-17H,5,8-10,12-14H2/t16-,17-/m0/s1. The van der Waals surface area contributed by atoms with Crippen LogP contribution < -0.4 is 0 Å². The van der Waals surface area contributed by atoms with E-state index in [-0.39, 0.29) is 12.0 Å². The molecule has 2 aliphatic heterocycles. The minimum Gasteiger partial charge on any atom is -0.375 e. The maximum absolute atomic E-state index is 12.6. The first-order valence-corrected chi connectivity index (χ1v) is 9.73. The van der Waals surface area contributed by atoms with Crippen LogP contribution in [0.2, 0.25) is 0 Å². The lowest BCUT2D eigenvalue weighted by Gasteiger charge is -2.38. The number of carbonyl (C=O) groups excluding carboxylic acids is 1. The Labute approximate surface area is 152 Å². The zero-order valence-electron chi connectivity index (χ0n) is 14.2. The number of ether oxygens (including phenoxy) is 1. The van der Waals surface area contributed by atoms with Gasteiger partial charge in [-0.25, -0.2) is 0 Å². The van der Waals surface area contributed by atoms with Crippen LogP contribution in [0.15, 0.2) is 42.0 Å². The number of pyridine rings is 1. The van der Waals surface area contributed by atoms with Gasteiger partial charge in [0.2, 0.25) is 0 Å². The summed E-state index contributed by atoms with van der Waals surface area (Å²) in [7, 11) is 0. The van der Waals surface area contributed by atoms with E-state index in [4.69, 9.17) is 4.74 Å². The van der Waals surface area contributed by atoms with Gasteiger partial charge in [0.15, 0.2) is 0 Å².